The van der Waals surface area contributed by atoms with Crippen LogP contribution in [0.2, 0.25) is 0 Å². The molecule has 2 rings (SSSR count). The van der Waals surface area contributed by atoms with Gasteiger partial charge >= 0.3 is 0 Å². The molecule has 0 unspecified atom stereocenters. The fourth-order valence-electron chi connectivity index (χ4n) is 2.00. The molecule has 1 saturated carbocycles. The Morgan fingerprint density at radius 3 is 2.89 bits per heavy atom. The normalized spacial score (nSPS) is 14.4. The summed E-state index contributed by atoms with van der Waals surface area (Å²) in [6.45, 7) is 3.77. The summed E-state index contributed by atoms with van der Waals surface area (Å²) in [6.07, 6.45) is 3.76. The summed E-state index contributed by atoms with van der Waals surface area (Å²) in [5, 5.41) is 14.0. The molecule has 0 amide bonds. The molecule has 0 atom stereocenters. The highest BCUT2D eigenvalue weighted by Gasteiger charge is 2.20. The second kappa shape index (κ2) is 6.52. The Hall–Kier alpha value is -1.62. The average Bonchev–Trinajstić information content (AvgIpc) is 3.20. The van der Waals surface area contributed by atoms with Crippen LogP contribution in [-0.2, 0) is 11.3 Å². The van der Waals surface area contributed by atoms with Gasteiger partial charge in [-0.15, -0.1) is 0 Å². The smallest absolute Gasteiger partial charge is 0.292 e. The Balaban J connectivity index is 1.92. The van der Waals surface area contributed by atoms with Gasteiger partial charge in [0.15, 0.2) is 0 Å². The molecule has 5 heteroatoms. The van der Waals surface area contributed by atoms with E-state index in [4.69, 9.17) is 4.74 Å². The van der Waals surface area contributed by atoms with Gasteiger partial charge < -0.3 is 10.1 Å². The van der Waals surface area contributed by atoms with Crippen LogP contribution in [0.3, 0.4) is 0 Å². The molecule has 1 aliphatic rings. The van der Waals surface area contributed by atoms with E-state index in [1.165, 1.54) is 12.8 Å². The third-order valence-corrected chi connectivity index (χ3v) is 3.26. The molecule has 1 aromatic rings. The van der Waals surface area contributed by atoms with Crippen molar-refractivity contribution in [3.05, 3.63) is 33.9 Å². The van der Waals surface area contributed by atoms with Crippen molar-refractivity contribution in [2.45, 2.75) is 32.8 Å². The summed E-state index contributed by atoms with van der Waals surface area (Å²) in [4.78, 5) is 10.6. The summed E-state index contributed by atoms with van der Waals surface area (Å²) >= 11 is 0. The van der Waals surface area contributed by atoms with E-state index in [1.807, 2.05) is 13.0 Å². The lowest BCUT2D eigenvalue weighted by Gasteiger charge is -2.07. The van der Waals surface area contributed by atoms with Gasteiger partial charge in [0.25, 0.3) is 5.69 Å². The van der Waals surface area contributed by atoms with Crippen molar-refractivity contribution >= 4 is 11.4 Å². The molecule has 0 bridgehead atoms. The Labute approximate surface area is 113 Å². The molecule has 1 aliphatic carbocycles. The highest BCUT2D eigenvalue weighted by molar-refractivity contribution is 5.62. The number of nitrogens with one attached hydrogen (secondary N) is 1. The Morgan fingerprint density at radius 1 is 1.47 bits per heavy atom. The van der Waals surface area contributed by atoms with E-state index in [9.17, 15) is 10.1 Å². The number of hydrogen-bond acceptors (Lipinski definition) is 4. The maximum Gasteiger partial charge on any atom is 0.292 e. The first-order valence-corrected chi connectivity index (χ1v) is 6.79. The van der Waals surface area contributed by atoms with Gasteiger partial charge in [-0.1, -0.05) is 18.9 Å². The van der Waals surface area contributed by atoms with Crippen LogP contribution in [-0.4, -0.2) is 18.1 Å². The number of nitrogens with zero attached hydrogens (tertiary/aromatic N) is 1. The van der Waals surface area contributed by atoms with E-state index < -0.39 is 0 Å². The van der Waals surface area contributed by atoms with Crippen molar-refractivity contribution in [3.63, 3.8) is 0 Å². The largest absolute Gasteiger partial charge is 0.380 e. The van der Waals surface area contributed by atoms with Crippen LogP contribution < -0.4 is 5.32 Å². The molecule has 0 heterocycles. The van der Waals surface area contributed by atoms with E-state index in [2.05, 4.69) is 5.32 Å². The standard InChI is InChI=1S/C14H20N2O3/c1-2-15-13-6-5-12(9-14(13)16(17)18)10-19-8-7-11-3-4-11/h5-6,9,11,15H,2-4,7-8,10H2,1H3. The summed E-state index contributed by atoms with van der Waals surface area (Å²) in [7, 11) is 0. The first-order chi connectivity index (χ1) is 9.20. The van der Waals surface area contributed by atoms with Crippen LogP contribution in [0.25, 0.3) is 0 Å². The molecular weight excluding hydrogens is 244 g/mol. The topological polar surface area (TPSA) is 64.4 Å². The highest BCUT2D eigenvalue weighted by Crippen LogP contribution is 2.32. The zero-order valence-electron chi connectivity index (χ0n) is 11.2. The fourth-order valence-corrected chi connectivity index (χ4v) is 2.00. The highest BCUT2D eigenvalue weighted by atomic mass is 16.6. The molecule has 1 N–H and O–H groups in total. The molecule has 0 spiro atoms. The Kier molecular flexibility index (Phi) is 4.74. The molecular formula is C14H20N2O3. The van der Waals surface area contributed by atoms with Crippen LogP contribution in [0.4, 0.5) is 11.4 Å². The lowest BCUT2D eigenvalue weighted by Crippen LogP contribution is -2.03. The Morgan fingerprint density at radius 2 is 2.26 bits per heavy atom. The first kappa shape index (κ1) is 13.8. The van der Waals surface area contributed by atoms with Gasteiger partial charge in [0.1, 0.15) is 5.69 Å². The van der Waals surface area contributed by atoms with Gasteiger partial charge in [-0.05, 0) is 30.9 Å². The quantitative estimate of drug-likeness (QED) is 0.444. The minimum absolute atomic E-state index is 0.116. The maximum atomic E-state index is 11.0. The predicted molar refractivity (Wildman–Crippen MR) is 74.3 cm³/mol. The van der Waals surface area contributed by atoms with Crippen LogP contribution in [0.5, 0.6) is 0 Å². The lowest BCUT2D eigenvalue weighted by atomic mass is 10.2. The van der Waals surface area contributed by atoms with Gasteiger partial charge in [-0.25, -0.2) is 0 Å². The number of anilines is 1. The number of nitro groups is 1. The van der Waals surface area contributed by atoms with Gasteiger partial charge in [-0.2, -0.15) is 0 Å². The van der Waals surface area contributed by atoms with Crippen molar-refractivity contribution in [2.24, 2.45) is 5.92 Å². The summed E-state index contributed by atoms with van der Waals surface area (Å²) < 4.78 is 5.56. The third kappa shape index (κ3) is 4.21. The molecule has 1 fully saturated rings. The van der Waals surface area contributed by atoms with E-state index in [1.54, 1.807) is 12.1 Å². The van der Waals surface area contributed by atoms with Crippen molar-refractivity contribution in [1.82, 2.24) is 0 Å². The summed E-state index contributed by atoms with van der Waals surface area (Å²) in [5.74, 6) is 0.852. The molecule has 0 aliphatic heterocycles. The molecule has 0 radical (unpaired) electrons. The summed E-state index contributed by atoms with van der Waals surface area (Å²) in [5.41, 5.74) is 1.53. The molecule has 0 saturated heterocycles. The van der Waals surface area contributed by atoms with Crippen LogP contribution >= 0.6 is 0 Å². The first-order valence-electron chi connectivity index (χ1n) is 6.79. The molecule has 104 valence electrons. The fraction of sp³-hybridized carbons (Fsp3) is 0.571. The van der Waals surface area contributed by atoms with E-state index in [-0.39, 0.29) is 10.6 Å². The van der Waals surface area contributed by atoms with Crippen LogP contribution in [0.15, 0.2) is 18.2 Å². The average molecular weight is 264 g/mol. The monoisotopic (exact) mass is 264 g/mol. The number of nitro benzene ring substituents is 1. The maximum absolute atomic E-state index is 11.0. The minimum atomic E-state index is -0.355. The number of hydrogen-bond donors (Lipinski definition) is 1. The van der Waals surface area contributed by atoms with Crippen molar-refractivity contribution in [3.8, 4) is 0 Å². The second-order valence-corrected chi connectivity index (χ2v) is 4.92. The summed E-state index contributed by atoms with van der Waals surface area (Å²) in [6, 6.07) is 5.22. The van der Waals surface area contributed by atoms with Gasteiger partial charge in [0, 0.05) is 19.2 Å². The van der Waals surface area contributed by atoms with Crippen molar-refractivity contribution in [1.29, 1.82) is 0 Å². The van der Waals surface area contributed by atoms with Crippen LogP contribution in [0.1, 0.15) is 31.7 Å². The van der Waals surface area contributed by atoms with Gasteiger partial charge in [-0.3, -0.25) is 10.1 Å². The molecule has 5 nitrogen and oxygen atoms in total. The van der Waals surface area contributed by atoms with Gasteiger partial charge in [0.2, 0.25) is 0 Å². The van der Waals surface area contributed by atoms with E-state index in [0.29, 0.717) is 18.8 Å². The number of ether oxygens (including phenoxy) is 1. The number of benzene rings is 1. The zero-order chi connectivity index (χ0) is 13.7. The molecule has 0 aromatic heterocycles. The molecule has 19 heavy (non-hydrogen) atoms. The predicted octanol–water partition coefficient (Wildman–Crippen LogP) is 3.34. The van der Waals surface area contributed by atoms with E-state index >= 15 is 0 Å². The van der Waals surface area contributed by atoms with E-state index in [0.717, 1.165) is 24.5 Å². The lowest BCUT2D eigenvalue weighted by molar-refractivity contribution is -0.384. The van der Waals surface area contributed by atoms with Crippen molar-refractivity contribution in [2.75, 3.05) is 18.5 Å². The second-order valence-electron chi connectivity index (χ2n) is 4.92. The number of rotatable bonds is 8. The van der Waals surface area contributed by atoms with Crippen LogP contribution in [0, 0.1) is 16.0 Å². The SMILES string of the molecule is CCNc1ccc(COCCC2CC2)cc1[N+](=O)[O-]. The third-order valence-electron chi connectivity index (χ3n) is 3.26. The molecule has 1 aromatic carbocycles. The Bertz CT molecular complexity index is 444. The minimum Gasteiger partial charge on any atom is -0.380 e. The zero-order valence-corrected chi connectivity index (χ0v) is 11.2. The van der Waals surface area contributed by atoms with Gasteiger partial charge in [0.05, 0.1) is 11.5 Å². The van der Waals surface area contributed by atoms with Crippen molar-refractivity contribution < 1.29 is 9.66 Å².